The molecule has 0 aromatic heterocycles. The molecule has 1 aliphatic rings. The molecule has 1 unspecified atom stereocenters. The molecule has 30 heavy (non-hydrogen) atoms. The molecule has 0 bridgehead atoms. The summed E-state index contributed by atoms with van der Waals surface area (Å²) < 4.78 is 10.7. The summed E-state index contributed by atoms with van der Waals surface area (Å²) in [6.45, 7) is 6.62. The molecule has 1 heterocycles. The fourth-order valence-electron chi connectivity index (χ4n) is 3.85. The van der Waals surface area contributed by atoms with Crippen molar-refractivity contribution in [1.29, 1.82) is 0 Å². The van der Waals surface area contributed by atoms with Gasteiger partial charge in [-0.3, -0.25) is 4.79 Å². The number of nitrogens with two attached hydrogens (primary N) is 1. The number of piperidine rings is 1. The largest absolute Gasteiger partial charge is 0.444 e. The van der Waals surface area contributed by atoms with Crippen LogP contribution in [0.5, 0.6) is 0 Å². The fourth-order valence-corrected chi connectivity index (χ4v) is 3.97. The number of methoxy groups -OCH3 is 1. The lowest BCUT2D eigenvalue weighted by molar-refractivity contribution is -0.140. The third kappa shape index (κ3) is 6.33. The molecule has 2 rings (SSSR count). The number of carbonyl (C=O) groups is 2. The first-order valence-electron chi connectivity index (χ1n) is 10.2. The Morgan fingerprint density at radius 2 is 1.93 bits per heavy atom. The van der Waals surface area contributed by atoms with Crippen molar-refractivity contribution in [2.75, 3.05) is 33.9 Å². The molecule has 0 spiro atoms. The van der Waals surface area contributed by atoms with Gasteiger partial charge in [0.2, 0.25) is 5.91 Å². The number of nitrogens with zero attached hydrogens (tertiary/aromatic N) is 2. The van der Waals surface area contributed by atoms with Crippen LogP contribution in [0.3, 0.4) is 0 Å². The normalized spacial score (nSPS) is 20.6. The lowest BCUT2D eigenvalue weighted by Crippen LogP contribution is -2.64. The lowest BCUT2D eigenvalue weighted by atomic mass is 9.81. The minimum atomic E-state index is -0.765. The van der Waals surface area contributed by atoms with E-state index in [4.69, 9.17) is 26.8 Å². The van der Waals surface area contributed by atoms with Crippen LogP contribution in [0.25, 0.3) is 0 Å². The van der Waals surface area contributed by atoms with Gasteiger partial charge in [-0.05, 0) is 57.7 Å². The summed E-state index contributed by atoms with van der Waals surface area (Å²) in [6.07, 6.45) is 1.71. The van der Waals surface area contributed by atoms with Crippen molar-refractivity contribution < 1.29 is 19.1 Å². The van der Waals surface area contributed by atoms with Crippen molar-refractivity contribution in [3.63, 3.8) is 0 Å². The van der Waals surface area contributed by atoms with Crippen LogP contribution in [0.4, 0.5) is 4.79 Å². The quantitative estimate of drug-likeness (QED) is 0.736. The molecule has 168 valence electrons. The van der Waals surface area contributed by atoms with E-state index < -0.39 is 17.2 Å². The van der Waals surface area contributed by atoms with Crippen molar-refractivity contribution in [2.24, 2.45) is 5.73 Å². The summed E-state index contributed by atoms with van der Waals surface area (Å²) in [7, 11) is 3.27. The number of benzene rings is 1. The second-order valence-electron chi connectivity index (χ2n) is 8.99. The highest BCUT2D eigenvalue weighted by Crippen LogP contribution is 2.32. The average Bonchev–Trinajstić information content (AvgIpc) is 2.67. The number of rotatable bonds is 6. The third-order valence-corrected chi connectivity index (χ3v) is 5.61. The Morgan fingerprint density at radius 1 is 1.30 bits per heavy atom. The van der Waals surface area contributed by atoms with Gasteiger partial charge in [0.25, 0.3) is 0 Å². The molecule has 1 aliphatic heterocycles. The van der Waals surface area contributed by atoms with E-state index in [0.717, 1.165) is 18.4 Å². The summed E-state index contributed by atoms with van der Waals surface area (Å²) in [4.78, 5) is 29.2. The molecule has 8 heteroatoms. The molecule has 2 amide bonds. The molecular weight excluding hydrogens is 406 g/mol. The van der Waals surface area contributed by atoms with Gasteiger partial charge in [-0.1, -0.05) is 23.7 Å². The zero-order valence-corrected chi connectivity index (χ0v) is 19.4. The van der Waals surface area contributed by atoms with Gasteiger partial charge in [0.15, 0.2) is 0 Å². The van der Waals surface area contributed by atoms with Crippen molar-refractivity contribution in [2.45, 2.75) is 57.2 Å². The van der Waals surface area contributed by atoms with Gasteiger partial charge in [-0.25, -0.2) is 4.79 Å². The third-order valence-electron chi connectivity index (χ3n) is 5.36. The summed E-state index contributed by atoms with van der Waals surface area (Å²) in [5.41, 5.74) is 5.89. The zero-order valence-electron chi connectivity index (χ0n) is 18.6. The molecule has 0 radical (unpaired) electrons. The molecule has 2 N–H and O–H groups in total. The minimum Gasteiger partial charge on any atom is -0.444 e. The van der Waals surface area contributed by atoms with Gasteiger partial charge in [-0.2, -0.15) is 0 Å². The molecule has 1 aromatic carbocycles. The van der Waals surface area contributed by atoms with Crippen molar-refractivity contribution in [3.8, 4) is 0 Å². The molecule has 2 atom stereocenters. The van der Waals surface area contributed by atoms with Crippen molar-refractivity contribution in [3.05, 3.63) is 34.9 Å². The number of hydrogen-bond acceptors (Lipinski definition) is 5. The first-order chi connectivity index (χ1) is 14.0. The van der Waals surface area contributed by atoms with Crippen LogP contribution < -0.4 is 5.73 Å². The topological polar surface area (TPSA) is 85.1 Å². The monoisotopic (exact) mass is 439 g/mol. The standard InChI is InChI=1S/C22H34ClN3O4/c1-21(2,3)30-20(28)26-12-6-11-22(15-26,13-16-7-9-17(23)10-8-16)25(4)19(27)18(24)14-29-5/h7-10,18H,6,11-15,24H2,1-5H3/t18?,22-/m1/s1. The molecule has 0 saturated carbocycles. The molecule has 1 saturated heterocycles. The summed E-state index contributed by atoms with van der Waals surface area (Å²) in [5, 5.41) is 0.651. The van der Waals surface area contributed by atoms with Crippen molar-refractivity contribution in [1.82, 2.24) is 9.80 Å². The number of amides is 2. The Morgan fingerprint density at radius 3 is 2.50 bits per heavy atom. The van der Waals surface area contributed by atoms with Gasteiger partial charge in [-0.15, -0.1) is 0 Å². The molecule has 0 aliphatic carbocycles. The number of halogens is 1. The maximum absolute atomic E-state index is 13.1. The highest BCUT2D eigenvalue weighted by molar-refractivity contribution is 6.30. The highest BCUT2D eigenvalue weighted by atomic mass is 35.5. The Labute approximate surface area is 184 Å². The van der Waals surface area contributed by atoms with E-state index in [1.165, 1.54) is 7.11 Å². The molecule has 1 aromatic rings. The first-order valence-corrected chi connectivity index (χ1v) is 10.6. The number of hydrogen-bond donors (Lipinski definition) is 1. The van der Waals surface area contributed by atoms with Gasteiger partial charge in [0.1, 0.15) is 11.6 Å². The Hall–Kier alpha value is -1.83. The fraction of sp³-hybridized carbons (Fsp3) is 0.636. The second-order valence-corrected chi connectivity index (χ2v) is 9.43. The maximum Gasteiger partial charge on any atom is 0.410 e. The molecule has 7 nitrogen and oxygen atoms in total. The van der Waals surface area contributed by atoms with Crippen LogP contribution in [0.2, 0.25) is 5.02 Å². The van der Waals surface area contributed by atoms with Gasteiger partial charge >= 0.3 is 6.09 Å². The number of likely N-dealkylation sites (N-methyl/N-ethyl adjacent to an activating group) is 1. The van der Waals surface area contributed by atoms with Crippen molar-refractivity contribution >= 4 is 23.6 Å². The van der Waals surface area contributed by atoms with Gasteiger partial charge in [0.05, 0.1) is 12.1 Å². The molecular formula is C22H34ClN3O4. The Bertz CT molecular complexity index is 735. The highest BCUT2D eigenvalue weighted by Gasteiger charge is 2.44. The second kappa shape index (κ2) is 9.98. The predicted octanol–water partition coefficient (Wildman–Crippen LogP) is 3.08. The summed E-state index contributed by atoms with van der Waals surface area (Å²) in [6, 6.07) is 6.79. The zero-order chi connectivity index (χ0) is 22.5. The first kappa shape index (κ1) is 24.4. The Balaban J connectivity index is 2.33. The lowest BCUT2D eigenvalue weighted by Gasteiger charge is -2.49. The van der Waals surface area contributed by atoms with Crippen LogP contribution in [-0.4, -0.2) is 72.8 Å². The van der Waals surface area contributed by atoms with Crippen LogP contribution >= 0.6 is 11.6 Å². The predicted molar refractivity (Wildman–Crippen MR) is 118 cm³/mol. The maximum atomic E-state index is 13.1. The Kier molecular flexibility index (Phi) is 8.13. The number of carbonyl (C=O) groups excluding carboxylic acids is 2. The number of likely N-dealkylation sites (tertiary alicyclic amines) is 1. The minimum absolute atomic E-state index is 0.135. The van der Waals surface area contributed by atoms with E-state index in [1.807, 2.05) is 45.0 Å². The number of ether oxygens (including phenoxy) is 2. The van der Waals surface area contributed by atoms with Crippen LogP contribution in [0, 0.1) is 0 Å². The van der Waals surface area contributed by atoms with E-state index >= 15 is 0 Å². The van der Waals surface area contributed by atoms with E-state index in [0.29, 0.717) is 24.5 Å². The van der Waals surface area contributed by atoms with E-state index in [2.05, 4.69) is 0 Å². The van der Waals surface area contributed by atoms with Crippen LogP contribution in [-0.2, 0) is 20.7 Å². The molecule has 1 fully saturated rings. The van der Waals surface area contributed by atoms with Gasteiger partial charge in [0, 0.05) is 32.3 Å². The SMILES string of the molecule is COCC(N)C(=O)N(C)[C@@]1(Cc2ccc(Cl)cc2)CCCN(C(=O)OC(C)(C)C)C1. The van der Waals surface area contributed by atoms with Crippen LogP contribution in [0.1, 0.15) is 39.2 Å². The summed E-state index contributed by atoms with van der Waals surface area (Å²) in [5.74, 6) is -0.211. The summed E-state index contributed by atoms with van der Waals surface area (Å²) >= 11 is 6.04. The van der Waals surface area contributed by atoms with E-state index in [-0.39, 0.29) is 18.6 Å². The average molecular weight is 440 g/mol. The van der Waals surface area contributed by atoms with Gasteiger partial charge < -0.3 is 25.0 Å². The van der Waals surface area contributed by atoms with E-state index in [9.17, 15) is 9.59 Å². The smallest absolute Gasteiger partial charge is 0.410 e. The van der Waals surface area contributed by atoms with E-state index in [1.54, 1.807) is 16.8 Å². The van der Waals surface area contributed by atoms with Crippen LogP contribution in [0.15, 0.2) is 24.3 Å².